The Kier molecular flexibility index (Phi) is 1.65. The van der Waals surface area contributed by atoms with Crippen LogP contribution in [0.4, 0.5) is 0 Å². The van der Waals surface area contributed by atoms with E-state index < -0.39 is 5.97 Å². The monoisotopic (exact) mass is 71.0 g/mol. The standard InChI is InChI=1S/C2H3BO2/c1-2(4)5-3/h1H3/p+1. The van der Waals surface area contributed by atoms with E-state index in [1.54, 1.807) is 0 Å². The van der Waals surface area contributed by atoms with Crippen LogP contribution in [0, 0.1) is 0 Å². The second-order valence-corrected chi connectivity index (χ2v) is 0.609. The smallest absolute Gasteiger partial charge is 0.544 e. The molecule has 0 atom stereocenters. The minimum atomic E-state index is -0.468. The van der Waals surface area contributed by atoms with Crippen LogP contribution in [0.3, 0.4) is 0 Å². The molecule has 0 amide bonds. The molecule has 0 N–H and O–H groups in total. The summed E-state index contributed by atoms with van der Waals surface area (Å²) in [6, 6.07) is 0. The van der Waals surface area contributed by atoms with Crippen molar-refractivity contribution in [3.63, 3.8) is 0 Å². The van der Waals surface area contributed by atoms with Crippen LogP contribution in [0.15, 0.2) is 0 Å². The van der Waals surface area contributed by atoms with E-state index in [9.17, 15) is 4.79 Å². The summed E-state index contributed by atoms with van der Waals surface area (Å²) < 4.78 is 3.61. The summed E-state index contributed by atoms with van der Waals surface area (Å²) in [4.78, 5) is 9.47. The molecule has 0 unspecified atom stereocenters. The van der Waals surface area contributed by atoms with E-state index in [0.717, 1.165) is 0 Å². The van der Waals surface area contributed by atoms with Gasteiger partial charge in [-0.15, -0.1) is 0 Å². The van der Waals surface area contributed by atoms with E-state index in [4.69, 9.17) is 0 Å². The molecule has 0 rings (SSSR count). The SMILES string of the molecule is [B]OC(C)=O.[H+]. The van der Waals surface area contributed by atoms with Crippen molar-refractivity contribution < 1.29 is 10.9 Å². The fraction of sp³-hybridized carbons (Fsp3) is 0.500. The zero-order chi connectivity index (χ0) is 4.28. The lowest BCUT2D eigenvalue weighted by Crippen LogP contribution is -1.90. The predicted octanol–water partition coefficient (Wildman–Crippen LogP) is -0.254. The number of hydrogen-bond donors (Lipinski definition) is 0. The molecule has 0 saturated carbocycles. The molecule has 0 fully saturated rings. The summed E-state index contributed by atoms with van der Waals surface area (Å²) in [5.41, 5.74) is 0. The van der Waals surface area contributed by atoms with E-state index in [1.165, 1.54) is 6.92 Å². The normalized spacial score (nSPS) is 6.60. The van der Waals surface area contributed by atoms with Crippen molar-refractivity contribution >= 4 is 14.0 Å². The molecule has 0 aliphatic heterocycles. The molecule has 5 heavy (non-hydrogen) atoms. The molecule has 0 aromatic carbocycles. The van der Waals surface area contributed by atoms with Gasteiger partial charge in [-0.3, -0.25) is 4.79 Å². The quantitative estimate of drug-likeness (QED) is 0.368. The molecule has 0 aliphatic carbocycles. The highest BCUT2D eigenvalue weighted by Gasteiger charge is 1.75. The van der Waals surface area contributed by atoms with Gasteiger partial charge in [-0.25, -0.2) is 0 Å². The summed E-state index contributed by atoms with van der Waals surface area (Å²) in [5, 5.41) is 0. The van der Waals surface area contributed by atoms with E-state index in [-0.39, 0.29) is 1.43 Å². The van der Waals surface area contributed by atoms with Gasteiger partial charge in [0.15, 0.2) is 0 Å². The van der Waals surface area contributed by atoms with Gasteiger partial charge in [0, 0.05) is 6.92 Å². The number of carbonyl (C=O) groups is 1. The first-order valence-electron chi connectivity index (χ1n) is 1.14. The average molecular weight is 70.9 g/mol. The molecule has 0 aliphatic rings. The summed E-state index contributed by atoms with van der Waals surface area (Å²) in [7, 11) is 4.32. The zero-order valence-electron chi connectivity index (χ0n) is 3.89. The highest BCUT2D eigenvalue weighted by atomic mass is 16.5. The summed E-state index contributed by atoms with van der Waals surface area (Å²) in [6.45, 7) is 1.24. The van der Waals surface area contributed by atoms with E-state index >= 15 is 0 Å². The van der Waals surface area contributed by atoms with Gasteiger partial charge >= 0.3 is 9.48 Å². The molecule has 26 valence electrons. The molecular weight excluding hydrogens is 66.8 g/mol. The van der Waals surface area contributed by atoms with Gasteiger partial charge in [0.1, 0.15) is 0 Å². The Morgan fingerprint density at radius 3 is 2.40 bits per heavy atom. The molecule has 0 saturated heterocycles. The first kappa shape index (κ1) is 4.53. The van der Waals surface area contributed by atoms with Crippen LogP contribution in [-0.4, -0.2) is 14.0 Å². The van der Waals surface area contributed by atoms with E-state index in [2.05, 4.69) is 12.7 Å². The largest absolute Gasteiger partial charge is 1.00 e. The third-order valence-electron chi connectivity index (χ3n) is 0.166. The Labute approximate surface area is 33.1 Å². The number of rotatable bonds is 0. The summed E-state index contributed by atoms with van der Waals surface area (Å²) >= 11 is 0. The van der Waals surface area contributed by atoms with Crippen LogP contribution in [0.2, 0.25) is 0 Å². The molecule has 0 aromatic rings. The maximum absolute atomic E-state index is 9.47. The molecule has 0 aromatic heterocycles. The molecule has 0 bridgehead atoms. The van der Waals surface area contributed by atoms with Crippen molar-refractivity contribution in [2.45, 2.75) is 6.92 Å². The van der Waals surface area contributed by atoms with Gasteiger partial charge in [0.25, 0.3) is 5.97 Å². The van der Waals surface area contributed by atoms with Crippen molar-refractivity contribution in [2.24, 2.45) is 0 Å². The maximum Gasteiger partial charge on any atom is 1.00 e. The minimum Gasteiger partial charge on any atom is -0.544 e. The predicted molar refractivity (Wildman–Crippen MR) is 18.6 cm³/mol. The van der Waals surface area contributed by atoms with E-state index in [0.29, 0.717) is 0 Å². The average Bonchev–Trinajstić information content (AvgIpc) is 1.38. The lowest BCUT2D eigenvalue weighted by atomic mass is 10.6. The van der Waals surface area contributed by atoms with Crippen LogP contribution >= 0.6 is 0 Å². The van der Waals surface area contributed by atoms with Gasteiger partial charge < -0.3 is 4.65 Å². The van der Waals surface area contributed by atoms with E-state index in [1.807, 2.05) is 0 Å². The highest BCUT2D eigenvalue weighted by Crippen LogP contribution is 1.58. The Bertz CT molecular complexity index is 46.8. The van der Waals surface area contributed by atoms with Crippen LogP contribution in [0.5, 0.6) is 0 Å². The molecule has 0 spiro atoms. The topological polar surface area (TPSA) is 26.3 Å². The Hall–Kier alpha value is -0.465. The second-order valence-electron chi connectivity index (χ2n) is 0.609. The Balaban J connectivity index is 0. The van der Waals surface area contributed by atoms with Crippen LogP contribution in [-0.2, 0) is 9.45 Å². The van der Waals surface area contributed by atoms with Crippen molar-refractivity contribution in [3.8, 4) is 0 Å². The lowest BCUT2D eigenvalue weighted by Gasteiger charge is -1.81. The lowest BCUT2D eigenvalue weighted by molar-refractivity contribution is -0.131. The fourth-order valence-corrected chi connectivity index (χ4v) is 0. The molecule has 2 nitrogen and oxygen atoms in total. The van der Waals surface area contributed by atoms with Gasteiger partial charge in [-0.05, 0) is 0 Å². The molecule has 2 radical (unpaired) electrons. The summed E-state index contributed by atoms with van der Waals surface area (Å²) in [6.07, 6.45) is 0. The second kappa shape index (κ2) is 1.82. The van der Waals surface area contributed by atoms with Crippen LogP contribution < -0.4 is 0 Å². The van der Waals surface area contributed by atoms with Crippen LogP contribution in [0.1, 0.15) is 8.35 Å². The number of hydrogen-bond acceptors (Lipinski definition) is 2. The van der Waals surface area contributed by atoms with Gasteiger partial charge in [-0.2, -0.15) is 0 Å². The van der Waals surface area contributed by atoms with Crippen molar-refractivity contribution in [3.05, 3.63) is 0 Å². The molecule has 3 heteroatoms. The Morgan fingerprint density at radius 2 is 2.40 bits per heavy atom. The first-order valence-corrected chi connectivity index (χ1v) is 1.14. The van der Waals surface area contributed by atoms with Gasteiger partial charge in [-0.1, -0.05) is 0 Å². The minimum absolute atomic E-state index is 0. The number of carbonyl (C=O) groups excluding carboxylic acids is 1. The van der Waals surface area contributed by atoms with Crippen LogP contribution in [0.25, 0.3) is 0 Å². The highest BCUT2D eigenvalue weighted by molar-refractivity contribution is 6.04. The van der Waals surface area contributed by atoms with Gasteiger partial charge in [0.05, 0.1) is 0 Å². The van der Waals surface area contributed by atoms with Crippen molar-refractivity contribution in [1.82, 2.24) is 0 Å². The fourth-order valence-electron chi connectivity index (χ4n) is 0. The van der Waals surface area contributed by atoms with Crippen molar-refractivity contribution in [2.75, 3.05) is 0 Å². The first-order chi connectivity index (χ1) is 2.27. The zero-order valence-corrected chi connectivity index (χ0v) is 2.89. The summed E-state index contributed by atoms with van der Waals surface area (Å²) in [5.74, 6) is -0.468. The molecule has 0 heterocycles. The Morgan fingerprint density at radius 1 is 2.20 bits per heavy atom. The maximum atomic E-state index is 9.47. The third kappa shape index (κ3) is 3.53. The van der Waals surface area contributed by atoms with Crippen molar-refractivity contribution in [1.29, 1.82) is 0 Å². The third-order valence-corrected chi connectivity index (χ3v) is 0.166. The van der Waals surface area contributed by atoms with Gasteiger partial charge in [0.2, 0.25) is 0 Å². The molecular formula is C2H4BO2+.